The molecular formula is C8H18O3. The summed E-state index contributed by atoms with van der Waals surface area (Å²) < 4.78 is 4.84. The van der Waals surface area contributed by atoms with Crippen molar-refractivity contribution in [1.82, 2.24) is 0 Å². The summed E-state index contributed by atoms with van der Waals surface area (Å²) in [4.78, 5) is 0. The molecule has 0 aromatic rings. The fourth-order valence-corrected chi connectivity index (χ4v) is 1.10. The Hall–Kier alpha value is -0.120. The molecule has 2 N–H and O–H groups in total. The molecule has 0 aliphatic rings. The highest BCUT2D eigenvalue weighted by atomic mass is 16.7. The van der Waals surface area contributed by atoms with Crippen LogP contribution in [0.25, 0.3) is 0 Å². The van der Waals surface area contributed by atoms with Crippen molar-refractivity contribution >= 4 is 0 Å². The first-order valence-electron chi connectivity index (χ1n) is 4.22. The lowest BCUT2D eigenvalue weighted by molar-refractivity contribution is -0.257. The monoisotopic (exact) mass is 162 g/mol. The lowest BCUT2D eigenvalue weighted by Crippen LogP contribution is -2.21. The van der Waals surface area contributed by atoms with Gasteiger partial charge in [0.15, 0.2) is 0 Å². The number of hydrogen-bond donors (Lipinski definition) is 2. The van der Waals surface area contributed by atoms with Gasteiger partial charge in [0.1, 0.15) is 0 Å². The van der Waals surface area contributed by atoms with E-state index in [0.717, 1.165) is 25.7 Å². The Balaban J connectivity index is 3.50. The highest BCUT2D eigenvalue weighted by Gasteiger charge is 2.09. The van der Waals surface area contributed by atoms with Gasteiger partial charge in [-0.3, -0.25) is 0 Å². The predicted molar refractivity (Wildman–Crippen MR) is 42.9 cm³/mol. The third-order valence-electron chi connectivity index (χ3n) is 1.54. The summed E-state index contributed by atoms with van der Waals surface area (Å²) in [6, 6.07) is 0. The van der Waals surface area contributed by atoms with Crippen LogP contribution in [0.15, 0.2) is 0 Å². The van der Waals surface area contributed by atoms with Crippen LogP contribution in [-0.2, 0) is 4.74 Å². The van der Waals surface area contributed by atoms with Crippen LogP contribution in [0.4, 0.5) is 0 Å². The third kappa shape index (κ3) is 6.28. The van der Waals surface area contributed by atoms with E-state index < -0.39 is 6.48 Å². The number of hydrogen-bond acceptors (Lipinski definition) is 3. The molecule has 0 aliphatic carbocycles. The lowest BCUT2D eigenvalue weighted by Gasteiger charge is -2.16. The molecule has 0 atom stereocenters. The molecule has 0 heterocycles. The molecule has 0 saturated heterocycles. The van der Waals surface area contributed by atoms with Crippen molar-refractivity contribution in [2.24, 2.45) is 0 Å². The number of ether oxygens (including phenoxy) is 1. The summed E-state index contributed by atoms with van der Waals surface area (Å²) >= 11 is 0. The summed E-state index contributed by atoms with van der Waals surface area (Å²) in [5.74, 6) is 0. The van der Waals surface area contributed by atoms with E-state index >= 15 is 0 Å². The molecule has 11 heavy (non-hydrogen) atoms. The van der Waals surface area contributed by atoms with Crippen molar-refractivity contribution in [1.29, 1.82) is 0 Å². The topological polar surface area (TPSA) is 49.7 Å². The zero-order valence-electron chi connectivity index (χ0n) is 7.29. The maximum Gasteiger partial charge on any atom is 0.266 e. The zero-order chi connectivity index (χ0) is 8.69. The Morgan fingerprint density at radius 2 is 1.55 bits per heavy atom. The molecule has 0 unspecified atom stereocenters. The molecule has 0 radical (unpaired) electrons. The van der Waals surface area contributed by atoms with Crippen LogP contribution >= 0.6 is 0 Å². The van der Waals surface area contributed by atoms with E-state index in [1.165, 1.54) is 0 Å². The average Bonchev–Trinajstić information content (AvgIpc) is 1.87. The molecule has 0 fully saturated rings. The smallest absolute Gasteiger partial charge is 0.266 e. The first-order chi connectivity index (χ1) is 5.20. The Kier molecular flexibility index (Phi) is 6.51. The second-order valence-corrected chi connectivity index (χ2v) is 2.66. The van der Waals surface area contributed by atoms with Crippen LogP contribution in [0.3, 0.4) is 0 Å². The normalized spacial score (nSPS) is 11.5. The molecule has 0 aliphatic heterocycles. The third-order valence-corrected chi connectivity index (χ3v) is 1.54. The van der Waals surface area contributed by atoms with Crippen LogP contribution in [0.2, 0.25) is 0 Å². The Morgan fingerprint density at radius 3 is 1.82 bits per heavy atom. The van der Waals surface area contributed by atoms with Gasteiger partial charge >= 0.3 is 0 Å². The SMILES string of the molecule is CCCC(CCC)OC(O)O. The Bertz CT molecular complexity index is 77.4. The van der Waals surface area contributed by atoms with E-state index in [4.69, 9.17) is 14.9 Å². The standard InChI is InChI=1S/C8H18O3/c1-3-5-7(6-4-2)11-8(9)10/h7-10H,3-6H2,1-2H3. The average molecular weight is 162 g/mol. The van der Waals surface area contributed by atoms with E-state index in [-0.39, 0.29) is 6.10 Å². The Labute approximate surface area is 68.0 Å². The van der Waals surface area contributed by atoms with Crippen LogP contribution in [0.1, 0.15) is 39.5 Å². The van der Waals surface area contributed by atoms with Crippen LogP contribution in [-0.4, -0.2) is 22.8 Å². The number of aliphatic hydroxyl groups is 2. The van der Waals surface area contributed by atoms with Crippen molar-refractivity contribution in [3.63, 3.8) is 0 Å². The molecule has 3 nitrogen and oxygen atoms in total. The molecule has 0 rings (SSSR count). The second kappa shape index (κ2) is 6.58. The molecule has 0 aromatic carbocycles. The van der Waals surface area contributed by atoms with E-state index in [2.05, 4.69) is 13.8 Å². The summed E-state index contributed by atoms with van der Waals surface area (Å²) in [7, 11) is 0. The first kappa shape index (κ1) is 10.9. The quantitative estimate of drug-likeness (QED) is 0.578. The van der Waals surface area contributed by atoms with E-state index in [1.54, 1.807) is 0 Å². The predicted octanol–water partition coefficient (Wildman–Crippen LogP) is 1.24. The highest BCUT2D eigenvalue weighted by Crippen LogP contribution is 2.09. The lowest BCUT2D eigenvalue weighted by atomic mass is 10.1. The van der Waals surface area contributed by atoms with Gasteiger partial charge in [-0.15, -0.1) is 0 Å². The van der Waals surface area contributed by atoms with E-state index in [0.29, 0.717) is 0 Å². The summed E-state index contributed by atoms with van der Waals surface area (Å²) in [6.07, 6.45) is 3.82. The second-order valence-electron chi connectivity index (χ2n) is 2.66. The van der Waals surface area contributed by atoms with Crippen molar-refractivity contribution in [2.75, 3.05) is 0 Å². The largest absolute Gasteiger partial charge is 0.346 e. The van der Waals surface area contributed by atoms with Gasteiger partial charge in [-0.05, 0) is 12.8 Å². The van der Waals surface area contributed by atoms with Crippen molar-refractivity contribution in [3.05, 3.63) is 0 Å². The fraction of sp³-hybridized carbons (Fsp3) is 1.00. The van der Waals surface area contributed by atoms with Gasteiger partial charge < -0.3 is 14.9 Å². The first-order valence-corrected chi connectivity index (χ1v) is 4.22. The van der Waals surface area contributed by atoms with E-state index in [9.17, 15) is 0 Å². The minimum absolute atomic E-state index is 0.00463. The maximum absolute atomic E-state index is 8.51. The van der Waals surface area contributed by atoms with Gasteiger partial charge in [0, 0.05) is 0 Å². The van der Waals surface area contributed by atoms with Gasteiger partial charge in [-0.25, -0.2) is 0 Å². The summed E-state index contributed by atoms with van der Waals surface area (Å²) in [5, 5.41) is 17.0. The molecule has 0 amide bonds. The fourth-order valence-electron chi connectivity index (χ4n) is 1.10. The van der Waals surface area contributed by atoms with Gasteiger partial charge in [0.25, 0.3) is 6.48 Å². The zero-order valence-corrected chi connectivity index (χ0v) is 7.29. The van der Waals surface area contributed by atoms with Gasteiger partial charge in [0.05, 0.1) is 6.10 Å². The van der Waals surface area contributed by atoms with Crippen molar-refractivity contribution < 1.29 is 14.9 Å². The van der Waals surface area contributed by atoms with Crippen LogP contribution in [0.5, 0.6) is 0 Å². The molecular weight excluding hydrogens is 144 g/mol. The molecule has 0 saturated carbocycles. The molecule has 0 aromatic heterocycles. The molecule has 3 heteroatoms. The van der Waals surface area contributed by atoms with Crippen LogP contribution < -0.4 is 0 Å². The minimum Gasteiger partial charge on any atom is -0.346 e. The van der Waals surface area contributed by atoms with Crippen LogP contribution in [0, 0.1) is 0 Å². The van der Waals surface area contributed by atoms with Crippen molar-refractivity contribution in [3.8, 4) is 0 Å². The maximum atomic E-state index is 8.51. The Morgan fingerprint density at radius 1 is 1.09 bits per heavy atom. The summed E-state index contributed by atoms with van der Waals surface area (Å²) in [6.45, 7) is 2.49. The molecule has 68 valence electrons. The number of aliphatic hydroxyl groups excluding tert-OH is 1. The van der Waals surface area contributed by atoms with Gasteiger partial charge in [-0.2, -0.15) is 0 Å². The molecule has 0 bridgehead atoms. The van der Waals surface area contributed by atoms with Gasteiger partial charge in [-0.1, -0.05) is 26.7 Å². The van der Waals surface area contributed by atoms with Gasteiger partial charge in [0.2, 0.25) is 0 Å². The van der Waals surface area contributed by atoms with E-state index in [1.807, 2.05) is 0 Å². The van der Waals surface area contributed by atoms with Crippen molar-refractivity contribution in [2.45, 2.75) is 52.1 Å². The molecule has 0 spiro atoms. The minimum atomic E-state index is -1.61. The number of rotatable bonds is 6. The summed E-state index contributed by atoms with van der Waals surface area (Å²) in [5.41, 5.74) is 0. The highest BCUT2D eigenvalue weighted by molar-refractivity contribution is 4.55.